The molecule has 0 radical (unpaired) electrons. The van der Waals surface area contributed by atoms with Crippen LogP contribution in [0.5, 0.6) is 5.75 Å². The average molecular weight is 370 g/mol. The van der Waals surface area contributed by atoms with E-state index in [1.54, 1.807) is 25.3 Å². The van der Waals surface area contributed by atoms with Crippen molar-refractivity contribution in [2.75, 3.05) is 0 Å². The minimum Gasteiger partial charge on any atom is -0.479 e. The summed E-state index contributed by atoms with van der Waals surface area (Å²) in [5, 5.41) is 7.63. The predicted octanol–water partition coefficient (Wildman–Crippen LogP) is 3.67. The second-order valence-corrected chi connectivity index (χ2v) is 6.29. The van der Waals surface area contributed by atoms with Gasteiger partial charge in [-0.3, -0.25) is 9.48 Å². The number of nitrogens with one attached hydrogen (secondary N) is 1. The number of aromatic nitrogens is 2. The molecule has 0 saturated carbocycles. The second kappa shape index (κ2) is 8.54. The molecule has 0 aliphatic heterocycles. The number of para-hydroxylation sites is 1. The number of carbonyl (C=O) groups excluding carboxylic acids is 1. The van der Waals surface area contributed by atoms with Crippen molar-refractivity contribution in [2.24, 2.45) is 0 Å². The predicted molar refractivity (Wildman–Crippen MR) is 101 cm³/mol. The third kappa shape index (κ3) is 4.64. The van der Waals surface area contributed by atoms with E-state index >= 15 is 0 Å². The Hall–Kier alpha value is -2.79. The average Bonchev–Trinajstić information content (AvgIpc) is 3.15. The van der Waals surface area contributed by atoms with Crippen LogP contribution in [0, 0.1) is 0 Å². The topological polar surface area (TPSA) is 56.1 Å². The van der Waals surface area contributed by atoms with E-state index in [0.717, 1.165) is 11.1 Å². The largest absolute Gasteiger partial charge is 0.479 e. The van der Waals surface area contributed by atoms with Crippen molar-refractivity contribution in [3.05, 3.63) is 83.1 Å². The number of rotatable bonds is 7. The monoisotopic (exact) mass is 369 g/mol. The first-order valence-electron chi connectivity index (χ1n) is 8.36. The molecule has 0 fully saturated rings. The molecule has 26 heavy (non-hydrogen) atoms. The third-order valence-electron chi connectivity index (χ3n) is 3.97. The Bertz CT molecular complexity index is 865. The van der Waals surface area contributed by atoms with E-state index in [1.807, 2.05) is 53.3 Å². The summed E-state index contributed by atoms with van der Waals surface area (Å²) in [6.07, 6.45) is 3.01. The summed E-state index contributed by atoms with van der Waals surface area (Å²) in [7, 11) is 0. The molecule has 0 spiro atoms. The van der Waals surface area contributed by atoms with Gasteiger partial charge in [-0.1, -0.05) is 48.0 Å². The molecule has 134 valence electrons. The summed E-state index contributed by atoms with van der Waals surface area (Å²) in [5.41, 5.74) is 2.15. The van der Waals surface area contributed by atoms with Gasteiger partial charge in [0.25, 0.3) is 5.91 Å². The van der Waals surface area contributed by atoms with Gasteiger partial charge in [0.1, 0.15) is 5.75 Å². The Morgan fingerprint density at radius 2 is 1.88 bits per heavy atom. The highest BCUT2D eigenvalue weighted by Crippen LogP contribution is 2.24. The van der Waals surface area contributed by atoms with Crippen LogP contribution in [0.3, 0.4) is 0 Å². The smallest absolute Gasteiger partial charge is 0.261 e. The lowest BCUT2D eigenvalue weighted by Gasteiger charge is -2.16. The molecule has 6 heteroatoms. The second-order valence-electron chi connectivity index (χ2n) is 5.88. The van der Waals surface area contributed by atoms with Crippen molar-refractivity contribution in [3.63, 3.8) is 0 Å². The van der Waals surface area contributed by atoms with Gasteiger partial charge in [0.05, 0.1) is 11.6 Å². The number of amides is 1. The van der Waals surface area contributed by atoms with Gasteiger partial charge in [-0.25, -0.2) is 0 Å². The number of carbonyl (C=O) groups is 1. The summed E-state index contributed by atoms with van der Waals surface area (Å²) in [5.74, 6) is 0.301. The molecule has 3 rings (SSSR count). The minimum absolute atomic E-state index is 0.196. The lowest BCUT2D eigenvalue weighted by atomic mass is 10.1. The van der Waals surface area contributed by atoms with Gasteiger partial charge in [-0.2, -0.15) is 5.10 Å². The van der Waals surface area contributed by atoms with Crippen LogP contribution in [-0.2, 0) is 17.9 Å². The molecule has 5 nitrogen and oxygen atoms in total. The number of hydrogen-bond acceptors (Lipinski definition) is 3. The molecule has 0 aliphatic carbocycles. The first kappa shape index (κ1) is 18.0. The Labute approximate surface area is 157 Å². The van der Waals surface area contributed by atoms with Crippen molar-refractivity contribution in [1.82, 2.24) is 15.1 Å². The van der Waals surface area contributed by atoms with Crippen LogP contribution in [0.1, 0.15) is 18.1 Å². The van der Waals surface area contributed by atoms with Crippen LogP contribution in [0.15, 0.2) is 67.0 Å². The van der Waals surface area contributed by atoms with E-state index in [0.29, 0.717) is 23.9 Å². The van der Waals surface area contributed by atoms with Gasteiger partial charge >= 0.3 is 0 Å². The minimum atomic E-state index is -0.645. The van der Waals surface area contributed by atoms with Gasteiger partial charge < -0.3 is 10.1 Å². The lowest BCUT2D eigenvalue weighted by molar-refractivity contribution is -0.127. The first-order valence-corrected chi connectivity index (χ1v) is 8.74. The summed E-state index contributed by atoms with van der Waals surface area (Å²) in [6.45, 7) is 2.78. The molecule has 1 amide bonds. The molecule has 1 atom stereocenters. The van der Waals surface area contributed by atoms with Gasteiger partial charge in [0, 0.05) is 18.9 Å². The Balaban J connectivity index is 1.60. The lowest BCUT2D eigenvalue weighted by Crippen LogP contribution is -2.36. The van der Waals surface area contributed by atoms with E-state index in [4.69, 9.17) is 16.3 Å². The number of nitrogens with zero attached hydrogens (tertiary/aromatic N) is 2. The normalized spacial score (nSPS) is 11.8. The van der Waals surface area contributed by atoms with Crippen LogP contribution in [0.25, 0.3) is 0 Å². The van der Waals surface area contributed by atoms with Gasteiger partial charge in [0.2, 0.25) is 0 Å². The highest BCUT2D eigenvalue weighted by atomic mass is 35.5. The first-order chi connectivity index (χ1) is 12.6. The van der Waals surface area contributed by atoms with Crippen molar-refractivity contribution in [3.8, 4) is 5.75 Å². The SMILES string of the molecule is CC(Oc1ccccc1Cl)C(=O)NCc1ccccc1Cn1cccn1. The van der Waals surface area contributed by atoms with Crippen molar-refractivity contribution in [2.45, 2.75) is 26.1 Å². The molecule has 2 aromatic carbocycles. The maximum absolute atomic E-state index is 12.4. The van der Waals surface area contributed by atoms with Gasteiger partial charge in [-0.05, 0) is 36.2 Å². The molecular formula is C20H20ClN3O2. The highest BCUT2D eigenvalue weighted by Gasteiger charge is 2.16. The molecule has 1 N–H and O–H groups in total. The molecule has 0 bridgehead atoms. The summed E-state index contributed by atoms with van der Waals surface area (Å²) in [6, 6.07) is 17.0. The van der Waals surface area contributed by atoms with Crippen LogP contribution >= 0.6 is 11.6 Å². The fourth-order valence-corrected chi connectivity index (χ4v) is 2.74. The maximum atomic E-state index is 12.4. The molecular weight excluding hydrogens is 350 g/mol. The van der Waals surface area contributed by atoms with Crippen LogP contribution in [0.4, 0.5) is 0 Å². The molecule has 3 aromatic rings. The zero-order valence-electron chi connectivity index (χ0n) is 14.4. The maximum Gasteiger partial charge on any atom is 0.261 e. The van der Waals surface area contributed by atoms with E-state index in [1.165, 1.54) is 0 Å². The molecule has 0 aliphatic rings. The van der Waals surface area contributed by atoms with Crippen molar-refractivity contribution in [1.29, 1.82) is 0 Å². The van der Waals surface area contributed by atoms with Crippen LogP contribution in [-0.4, -0.2) is 21.8 Å². The molecule has 1 unspecified atom stereocenters. The van der Waals surface area contributed by atoms with Crippen molar-refractivity contribution < 1.29 is 9.53 Å². The Kier molecular flexibility index (Phi) is 5.92. The molecule has 1 aromatic heterocycles. The zero-order chi connectivity index (χ0) is 18.4. The van der Waals surface area contributed by atoms with E-state index in [-0.39, 0.29) is 5.91 Å². The quantitative estimate of drug-likeness (QED) is 0.691. The number of ether oxygens (including phenoxy) is 1. The molecule has 0 saturated heterocycles. The standard InChI is InChI=1S/C20H20ClN3O2/c1-15(26-19-10-5-4-9-18(19)21)20(25)22-13-16-7-2-3-8-17(16)14-24-12-6-11-23-24/h2-12,15H,13-14H2,1H3,(H,22,25). The van der Waals surface area contributed by atoms with Crippen LogP contribution < -0.4 is 10.1 Å². The van der Waals surface area contributed by atoms with E-state index in [9.17, 15) is 4.79 Å². The van der Waals surface area contributed by atoms with Crippen molar-refractivity contribution >= 4 is 17.5 Å². The third-order valence-corrected chi connectivity index (χ3v) is 4.28. The number of benzene rings is 2. The fourth-order valence-electron chi connectivity index (χ4n) is 2.56. The van der Waals surface area contributed by atoms with E-state index < -0.39 is 6.10 Å². The number of hydrogen-bond donors (Lipinski definition) is 1. The van der Waals surface area contributed by atoms with Crippen LogP contribution in [0.2, 0.25) is 5.02 Å². The summed E-state index contributed by atoms with van der Waals surface area (Å²) in [4.78, 5) is 12.4. The zero-order valence-corrected chi connectivity index (χ0v) is 15.2. The Morgan fingerprint density at radius 1 is 1.15 bits per heavy atom. The van der Waals surface area contributed by atoms with Gasteiger partial charge in [-0.15, -0.1) is 0 Å². The highest BCUT2D eigenvalue weighted by molar-refractivity contribution is 6.32. The Morgan fingerprint density at radius 3 is 2.62 bits per heavy atom. The summed E-state index contributed by atoms with van der Waals surface area (Å²) >= 11 is 6.07. The number of halogens is 1. The van der Waals surface area contributed by atoms with Gasteiger partial charge in [0.15, 0.2) is 6.10 Å². The summed E-state index contributed by atoms with van der Waals surface area (Å²) < 4.78 is 7.50. The fraction of sp³-hybridized carbons (Fsp3) is 0.200. The molecule has 1 heterocycles. The van der Waals surface area contributed by atoms with E-state index in [2.05, 4.69) is 10.4 Å².